The van der Waals surface area contributed by atoms with Crippen LogP contribution in [-0.2, 0) is 9.47 Å². The second kappa shape index (κ2) is 5.96. The zero-order chi connectivity index (χ0) is 13.8. The van der Waals surface area contributed by atoms with E-state index in [9.17, 15) is 14.7 Å². The van der Waals surface area contributed by atoms with Crippen LogP contribution in [0, 0.1) is 0 Å². The van der Waals surface area contributed by atoms with E-state index in [4.69, 9.17) is 9.47 Å². The van der Waals surface area contributed by atoms with Gasteiger partial charge in [-0.3, -0.25) is 14.3 Å². The molecule has 0 unspecified atom stereocenters. The molecule has 1 aliphatic heterocycles. The van der Waals surface area contributed by atoms with Crippen LogP contribution in [0.15, 0.2) is 34.5 Å². The van der Waals surface area contributed by atoms with E-state index < -0.39 is 23.6 Å². The highest BCUT2D eigenvalue weighted by atomic mass is 16.6. The Morgan fingerprint density at radius 1 is 1.63 bits per heavy atom. The van der Waals surface area contributed by atoms with Crippen LogP contribution in [0.2, 0.25) is 0 Å². The molecule has 1 saturated heterocycles. The van der Waals surface area contributed by atoms with Crippen LogP contribution >= 0.6 is 0 Å². The Bertz CT molecular complexity index is 550. The van der Waals surface area contributed by atoms with Crippen LogP contribution in [0.5, 0.6) is 0 Å². The number of ether oxygens (including phenoxy) is 2. The number of rotatable bonds is 5. The molecule has 7 nitrogen and oxygen atoms in total. The number of hydrogen-bond donors (Lipinski definition) is 2. The fraction of sp³-hybridized carbons (Fsp3) is 0.500. The van der Waals surface area contributed by atoms with E-state index in [-0.39, 0.29) is 12.7 Å². The van der Waals surface area contributed by atoms with Crippen LogP contribution in [0.3, 0.4) is 0 Å². The van der Waals surface area contributed by atoms with Crippen molar-refractivity contribution >= 4 is 0 Å². The summed E-state index contributed by atoms with van der Waals surface area (Å²) in [7, 11) is 0. The first-order valence-electron chi connectivity index (χ1n) is 5.96. The molecule has 2 heterocycles. The Morgan fingerprint density at radius 3 is 3.05 bits per heavy atom. The van der Waals surface area contributed by atoms with Gasteiger partial charge in [-0.05, 0) is 0 Å². The molecule has 0 saturated carbocycles. The van der Waals surface area contributed by atoms with Crippen molar-refractivity contribution < 1.29 is 14.6 Å². The van der Waals surface area contributed by atoms with Gasteiger partial charge in [-0.1, -0.05) is 6.08 Å². The summed E-state index contributed by atoms with van der Waals surface area (Å²) in [6.07, 6.45) is 2.03. The zero-order valence-corrected chi connectivity index (χ0v) is 10.3. The lowest BCUT2D eigenvalue weighted by atomic mass is 10.2. The average molecular weight is 268 g/mol. The molecule has 0 spiro atoms. The van der Waals surface area contributed by atoms with Crippen LogP contribution in [0.25, 0.3) is 0 Å². The molecule has 1 aliphatic rings. The van der Waals surface area contributed by atoms with Gasteiger partial charge in [-0.15, -0.1) is 6.58 Å². The number of hydrogen-bond acceptors (Lipinski definition) is 5. The maximum Gasteiger partial charge on any atom is 0.330 e. The number of nitrogens with one attached hydrogen (secondary N) is 1. The summed E-state index contributed by atoms with van der Waals surface area (Å²) in [5, 5.41) is 9.24. The van der Waals surface area contributed by atoms with Crippen molar-refractivity contribution in [3.8, 4) is 0 Å². The van der Waals surface area contributed by atoms with Gasteiger partial charge in [0.05, 0.1) is 19.3 Å². The minimum Gasteiger partial charge on any atom is -0.394 e. The minimum absolute atomic E-state index is 0.198. The molecule has 0 bridgehead atoms. The Labute approximate surface area is 109 Å². The smallest absolute Gasteiger partial charge is 0.330 e. The molecule has 7 heteroatoms. The lowest BCUT2D eigenvalue weighted by Gasteiger charge is -2.15. The standard InChI is InChI=1S/C12H16N2O5/c1-2-5-18-8-6-11(19-9(8)7-15)14-4-3-10(16)13-12(14)17/h2-4,8-9,11,15H,1,5-7H2,(H,13,16,17)/t8-,9+,11+/m0/s1. The molecule has 19 heavy (non-hydrogen) atoms. The Hall–Kier alpha value is -1.70. The predicted molar refractivity (Wildman–Crippen MR) is 66.9 cm³/mol. The van der Waals surface area contributed by atoms with E-state index in [0.29, 0.717) is 13.0 Å². The van der Waals surface area contributed by atoms with Crippen molar-refractivity contribution in [3.05, 3.63) is 45.8 Å². The van der Waals surface area contributed by atoms with Gasteiger partial charge < -0.3 is 14.6 Å². The van der Waals surface area contributed by atoms with Crippen LogP contribution in [-0.4, -0.2) is 40.1 Å². The van der Waals surface area contributed by atoms with Crippen molar-refractivity contribution in [1.29, 1.82) is 0 Å². The first-order valence-corrected chi connectivity index (χ1v) is 5.96. The summed E-state index contributed by atoms with van der Waals surface area (Å²) in [4.78, 5) is 24.8. The van der Waals surface area contributed by atoms with Gasteiger partial charge >= 0.3 is 5.69 Å². The highest BCUT2D eigenvalue weighted by Crippen LogP contribution is 2.29. The number of H-pyrrole nitrogens is 1. The normalized spacial score (nSPS) is 26.5. The second-order valence-electron chi connectivity index (χ2n) is 4.23. The summed E-state index contributed by atoms with van der Waals surface area (Å²) in [5.41, 5.74) is -1.00. The molecule has 0 aliphatic carbocycles. The first-order chi connectivity index (χ1) is 9.15. The SMILES string of the molecule is C=CCO[C@H]1C[C@H](n2ccc(=O)[nH]c2=O)O[C@@H]1CO. The average Bonchev–Trinajstić information content (AvgIpc) is 2.79. The van der Waals surface area contributed by atoms with E-state index in [1.165, 1.54) is 16.8 Å². The summed E-state index contributed by atoms with van der Waals surface area (Å²) in [5.74, 6) is 0. The number of aromatic amines is 1. The molecule has 1 fully saturated rings. The summed E-state index contributed by atoms with van der Waals surface area (Å²) < 4.78 is 12.3. The molecule has 1 aromatic rings. The maximum atomic E-state index is 11.7. The molecule has 0 aromatic carbocycles. The third-order valence-corrected chi connectivity index (χ3v) is 2.95. The fourth-order valence-corrected chi connectivity index (χ4v) is 2.06. The first kappa shape index (κ1) is 13.7. The number of aliphatic hydroxyl groups is 1. The Kier molecular flexibility index (Phi) is 4.31. The zero-order valence-electron chi connectivity index (χ0n) is 10.3. The molecule has 2 rings (SSSR count). The van der Waals surface area contributed by atoms with Crippen molar-refractivity contribution in [2.75, 3.05) is 13.2 Å². The largest absolute Gasteiger partial charge is 0.394 e. The minimum atomic E-state index is -0.559. The van der Waals surface area contributed by atoms with Gasteiger partial charge in [-0.2, -0.15) is 0 Å². The van der Waals surface area contributed by atoms with Gasteiger partial charge in [0.1, 0.15) is 12.3 Å². The lowest BCUT2D eigenvalue weighted by Crippen LogP contribution is -2.31. The van der Waals surface area contributed by atoms with Crippen LogP contribution in [0.4, 0.5) is 0 Å². The van der Waals surface area contributed by atoms with Gasteiger partial charge in [0.25, 0.3) is 5.56 Å². The highest BCUT2D eigenvalue weighted by molar-refractivity contribution is 4.89. The number of aliphatic hydroxyl groups excluding tert-OH is 1. The van der Waals surface area contributed by atoms with Gasteiger partial charge in [0, 0.05) is 18.7 Å². The maximum absolute atomic E-state index is 11.7. The van der Waals surface area contributed by atoms with Crippen LogP contribution in [0.1, 0.15) is 12.6 Å². The van der Waals surface area contributed by atoms with Crippen molar-refractivity contribution in [3.63, 3.8) is 0 Å². The van der Waals surface area contributed by atoms with E-state index in [0.717, 1.165) is 0 Å². The van der Waals surface area contributed by atoms with Gasteiger partial charge in [0.2, 0.25) is 0 Å². The van der Waals surface area contributed by atoms with Crippen molar-refractivity contribution in [1.82, 2.24) is 9.55 Å². The summed E-state index contributed by atoms with van der Waals surface area (Å²) >= 11 is 0. The monoisotopic (exact) mass is 268 g/mol. The molecule has 1 aromatic heterocycles. The van der Waals surface area contributed by atoms with E-state index in [1.807, 2.05) is 0 Å². The summed E-state index contributed by atoms with van der Waals surface area (Å²) in [6, 6.07) is 1.25. The Balaban J connectivity index is 2.16. The second-order valence-corrected chi connectivity index (χ2v) is 4.23. The molecule has 0 radical (unpaired) electrons. The van der Waals surface area contributed by atoms with Crippen molar-refractivity contribution in [2.45, 2.75) is 24.9 Å². The predicted octanol–water partition coefficient (Wildman–Crippen LogP) is -0.612. The van der Waals surface area contributed by atoms with E-state index in [1.54, 1.807) is 6.08 Å². The molecular formula is C12H16N2O5. The molecule has 104 valence electrons. The molecule has 3 atom stereocenters. The van der Waals surface area contributed by atoms with E-state index in [2.05, 4.69) is 11.6 Å². The van der Waals surface area contributed by atoms with Gasteiger partial charge in [0.15, 0.2) is 0 Å². The number of nitrogens with zero attached hydrogens (tertiary/aromatic N) is 1. The van der Waals surface area contributed by atoms with Crippen molar-refractivity contribution in [2.24, 2.45) is 0 Å². The van der Waals surface area contributed by atoms with Crippen LogP contribution < -0.4 is 11.2 Å². The topological polar surface area (TPSA) is 93.6 Å². The van der Waals surface area contributed by atoms with Gasteiger partial charge in [-0.25, -0.2) is 4.79 Å². The quantitative estimate of drug-likeness (QED) is 0.695. The third kappa shape index (κ3) is 3.01. The summed E-state index contributed by atoms with van der Waals surface area (Å²) in [6.45, 7) is 3.70. The molecule has 2 N–H and O–H groups in total. The molecular weight excluding hydrogens is 252 g/mol. The molecule has 0 amide bonds. The van der Waals surface area contributed by atoms with E-state index >= 15 is 0 Å². The number of aromatic nitrogens is 2. The Morgan fingerprint density at radius 2 is 2.42 bits per heavy atom. The lowest BCUT2D eigenvalue weighted by molar-refractivity contribution is -0.0581. The fourth-order valence-electron chi connectivity index (χ4n) is 2.06. The third-order valence-electron chi connectivity index (χ3n) is 2.95. The highest BCUT2D eigenvalue weighted by Gasteiger charge is 2.36.